The number of carbonyl (C=O) groups excluding carboxylic acids is 1. The van der Waals surface area contributed by atoms with Crippen LogP contribution in [0.25, 0.3) is 0 Å². The molecule has 1 heterocycles. The van der Waals surface area contributed by atoms with Crippen LogP contribution >= 0.6 is 0 Å². The molecule has 1 aromatic rings. The van der Waals surface area contributed by atoms with Gasteiger partial charge in [0, 0.05) is 6.54 Å². The number of fused-ring (bicyclic) bond motifs is 1. The summed E-state index contributed by atoms with van der Waals surface area (Å²) in [6, 6.07) is 2.98. The van der Waals surface area contributed by atoms with E-state index in [2.05, 4.69) is 0 Å². The summed E-state index contributed by atoms with van der Waals surface area (Å²) < 4.78 is 16.1. The third-order valence-corrected chi connectivity index (χ3v) is 4.00. The van der Waals surface area contributed by atoms with Crippen LogP contribution in [0, 0.1) is 0 Å². The lowest BCUT2D eigenvalue weighted by atomic mass is 9.90. The van der Waals surface area contributed by atoms with E-state index < -0.39 is 23.7 Å². The first kappa shape index (κ1) is 18.9. The highest BCUT2D eigenvalue weighted by Crippen LogP contribution is 2.39. The van der Waals surface area contributed by atoms with Crippen LogP contribution in [0.3, 0.4) is 0 Å². The van der Waals surface area contributed by atoms with Crippen LogP contribution in [-0.2, 0) is 16.0 Å². The lowest BCUT2D eigenvalue weighted by molar-refractivity contribution is -0.138. The van der Waals surface area contributed by atoms with Gasteiger partial charge in [-0.25, -0.2) is 4.79 Å². The fourth-order valence-electron chi connectivity index (χ4n) is 2.95. The molecule has 0 saturated heterocycles. The zero-order valence-electron chi connectivity index (χ0n) is 15.3. The van der Waals surface area contributed by atoms with Gasteiger partial charge in [0.15, 0.2) is 11.5 Å². The molecule has 0 fully saturated rings. The third-order valence-electron chi connectivity index (χ3n) is 4.00. The summed E-state index contributed by atoms with van der Waals surface area (Å²) in [5.41, 5.74) is 1.05. The number of nitrogens with zero attached hydrogens (tertiary/aromatic N) is 1. The van der Waals surface area contributed by atoms with Crippen molar-refractivity contribution in [3.63, 3.8) is 0 Å². The van der Waals surface area contributed by atoms with Crippen LogP contribution in [0.15, 0.2) is 12.1 Å². The maximum atomic E-state index is 12.5. The fraction of sp³-hybridized carbons (Fsp3) is 0.556. The van der Waals surface area contributed by atoms with Crippen LogP contribution in [0.2, 0.25) is 0 Å². The van der Waals surface area contributed by atoms with Crippen LogP contribution in [0.4, 0.5) is 4.79 Å². The number of methoxy groups -OCH3 is 2. The fourth-order valence-corrected chi connectivity index (χ4v) is 2.95. The number of benzene rings is 1. The molecule has 7 nitrogen and oxygen atoms in total. The number of carbonyl (C=O) groups is 2. The zero-order chi connectivity index (χ0) is 18.8. The maximum Gasteiger partial charge on any atom is 0.410 e. The number of carboxylic acid groups (broad SMARTS) is 1. The SMILES string of the molecule is COc1cc2c(cc1OC)[C@H](CC(=O)O)N(C(=O)OC(C)(C)C)CC2. The molecule has 25 heavy (non-hydrogen) atoms. The van der Waals surface area contributed by atoms with Crippen molar-refractivity contribution in [3.05, 3.63) is 23.3 Å². The highest BCUT2D eigenvalue weighted by Gasteiger charge is 2.35. The summed E-state index contributed by atoms with van der Waals surface area (Å²) in [5.74, 6) is 0.102. The van der Waals surface area contributed by atoms with Crippen molar-refractivity contribution in [2.45, 2.75) is 45.3 Å². The largest absolute Gasteiger partial charge is 0.493 e. The Labute approximate surface area is 147 Å². The Bertz CT molecular complexity index is 664. The van der Waals surface area contributed by atoms with Crippen LogP contribution in [-0.4, -0.2) is 48.4 Å². The van der Waals surface area contributed by atoms with E-state index in [4.69, 9.17) is 14.2 Å². The second-order valence-corrected chi connectivity index (χ2v) is 6.94. The predicted octanol–water partition coefficient (Wildman–Crippen LogP) is 3.01. The second kappa shape index (κ2) is 7.21. The molecule has 1 aromatic carbocycles. The van der Waals surface area contributed by atoms with E-state index in [-0.39, 0.29) is 6.42 Å². The summed E-state index contributed by atoms with van der Waals surface area (Å²) >= 11 is 0. The molecule has 2 rings (SSSR count). The lowest BCUT2D eigenvalue weighted by Gasteiger charge is -2.37. The van der Waals surface area contributed by atoms with Crippen molar-refractivity contribution in [2.24, 2.45) is 0 Å². The molecule has 0 spiro atoms. The van der Waals surface area contributed by atoms with Gasteiger partial charge in [-0.1, -0.05) is 0 Å². The van der Waals surface area contributed by atoms with Crippen LogP contribution in [0.1, 0.15) is 44.4 Å². The van der Waals surface area contributed by atoms with E-state index >= 15 is 0 Å². The Kier molecular flexibility index (Phi) is 5.45. The molecule has 1 aliphatic heterocycles. The number of amides is 1. The molecule has 0 unspecified atom stereocenters. The van der Waals surface area contributed by atoms with Gasteiger partial charge in [-0.3, -0.25) is 4.79 Å². The smallest absolute Gasteiger partial charge is 0.410 e. The Hall–Kier alpha value is -2.44. The van der Waals surface area contributed by atoms with E-state index in [1.54, 1.807) is 33.9 Å². The highest BCUT2D eigenvalue weighted by molar-refractivity contribution is 5.73. The number of hydrogen-bond acceptors (Lipinski definition) is 5. The Morgan fingerprint density at radius 1 is 1.20 bits per heavy atom. The van der Waals surface area contributed by atoms with Crippen molar-refractivity contribution in [2.75, 3.05) is 20.8 Å². The Morgan fingerprint density at radius 3 is 2.32 bits per heavy atom. The summed E-state index contributed by atoms with van der Waals surface area (Å²) in [7, 11) is 3.07. The molecule has 1 N–H and O–H groups in total. The molecule has 138 valence electrons. The maximum absolute atomic E-state index is 12.5. The van der Waals surface area contributed by atoms with Crippen molar-refractivity contribution in [1.82, 2.24) is 4.90 Å². The van der Waals surface area contributed by atoms with E-state index in [1.807, 2.05) is 6.07 Å². The number of aliphatic carboxylic acids is 1. The van der Waals surface area contributed by atoms with Gasteiger partial charge in [0.05, 0.1) is 26.7 Å². The monoisotopic (exact) mass is 351 g/mol. The van der Waals surface area contributed by atoms with Gasteiger partial charge in [0.2, 0.25) is 0 Å². The quantitative estimate of drug-likeness (QED) is 0.897. The van der Waals surface area contributed by atoms with E-state index in [0.29, 0.717) is 24.5 Å². The van der Waals surface area contributed by atoms with E-state index in [0.717, 1.165) is 11.1 Å². The highest BCUT2D eigenvalue weighted by atomic mass is 16.6. The van der Waals surface area contributed by atoms with Crippen molar-refractivity contribution in [1.29, 1.82) is 0 Å². The standard InChI is InChI=1S/C18H25NO6/c1-18(2,3)25-17(22)19-7-6-11-8-14(23-4)15(24-5)9-12(11)13(19)10-16(20)21/h8-9,13H,6-7,10H2,1-5H3,(H,20,21)/t13-/m0/s1. The summed E-state index contributed by atoms with van der Waals surface area (Å²) in [6.45, 7) is 5.73. The van der Waals surface area contributed by atoms with E-state index in [1.165, 1.54) is 12.0 Å². The van der Waals surface area contributed by atoms with Gasteiger partial charge >= 0.3 is 12.1 Å². The molecule has 1 atom stereocenters. The first-order valence-corrected chi connectivity index (χ1v) is 8.12. The van der Waals surface area contributed by atoms with Gasteiger partial charge < -0.3 is 24.2 Å². The molecular formula is C18H25NO6. The minimum atomic E-state index is -0.985. The first-order valence-electron chi connectivity index (χ1n) is 8.12. The minimum absolute atomic E-state index is 0.207. The Morgan fingerprint density at radius 2 is 1.80 bits per heavy atom. The average molecular weight is 351 g/mol. The van der Waals surface area contributed by atoms with Crippen molar-refractivity contribution < 1.29 is 28.9 Å². The average Bonchev–Trinajstić information content (AvgIpc) is 2.51. The molecule has 1 aliphatic rings. The van der Waals surface area contributed by atoms with Crippen molar-refractivity contribution in [3.8, 4) is 11.5 Å². The zero-order valence-corrected chi connectivity index (χ0v) is 15.3. The molecule has 1 amide bonds. The lowest BCUT2D eigenvalue weighted by Crippen LogP contribution is -2.43. The second-order valence-electron chi connectivity index (χ2n) is 6.94. The third kappa shape index (κ3) is 4.35. The minimum Gasteiger partial charge on any atom is -0.493 e. The molecule has 0 bridgehead atoms. The Balaban J connectivity index is 2.44. The summed E-state index contributed by atoms with van der Waals surface area (Å²) in [5, 5.41) is 9.32. The number of hydrogen-bond donors (Lipinski definition) is 1. The summed E-state index contributed by atoms with van der Waals surface area (Å²) in [4.78, 5) is 25.4. The normalized spacial score (nSPS) is 16.8. The van der Waals surface area contributed by atoms with Crippen molar-refractivity contribution >= 4 is 12.1 Å². The predicted molar refractivity (Wildman–Crippen MR) is 91.2 cm³/mol. The van der Waals surface area contributed by atoms with Crippen LogP contribution in [0.5, 0.6) is 11.5 Å². The van der Waals surface area contributed by atoms with Gasteiger partial charge in [-0.15, -0.1) is 0 Å². The molecule has 0 saturated carbocycles. The van der Waals surface area contributed by atoms with Gasteiger partial charge in [-0.05, 0) is 50.5 Å². The van der Waals surface area contributed by atoms with Gasteiger partial charge in [0.1, 0.15) is 5.60 Å². The molecular weight excluding hydrogens is 326 g/mol. The van der Waals surface area contributed by atoms with Gasteiger partial charge in [-0.2, -0.15) is 0 Å². The van der Waals surface area contributed by atoms with Crippen LogP contribution < -0.4 is 9.47 Å². The van der Waals surface area contributed by atoms with Gasteiger partial charge in [0.25, 0.3) is 0 Å². The number of ether oxygens (including phenoxy) is 3. The summed E-state index contributed by atoms with van der Waals surface area (Å²) in [6.07, 6.45) is -0.133. The number of carboxylic acids is 1. The molecule has 0 aliphatic carbocycles. The van der Waals surface area contributed by atoms with E-state index in [9.17, 15) is 14.7 Å². The molecule has 0 aromatic heterocycles. The molecule has 0 radical (unpaired) electrons. The topological polar surface area (TPSA) is 85.3 Å². The first-order chi connectivity index (χ1) is 11.7. The number of rotatable bonds is 4. The molecule has 7 heteroatoms.